The van der Waals surface area contributed by atoms with Crippen molar-refractivity contribution < 1.29 is 13.9 Å². The zero-order valence-electron chi connectivity index (χ0n) is 12.5. The van der Waals surface area contributed by atoms with Gasteiger partial charge >= 0.3 is 0 Å². The number of aromatic nitrogens is 2. The van der Waals surface area contributed by atoms with E-state index in [2.05, 4.69) is 16.0 Å². The Balaban J connectivity index is 2.19. The van der Waals surface area contributed by atoms with Crippen LogP contribution in [0.25, 0.3) is 22.2 Å². The van der Waals surface area contributed by atoms with Crippen LogP contribution >= 0.6 is 0 Å². The largest absolute Gasteiger partial charge is 0.491 e. The molecule has 0 saturated carbocycles. The van der Waals surface area contributed by atoms with Gasteiger partial charge in [-0.15, -0.1) is 0 Å². The van der Waals surface area contributed by atoms with Crippen LogP contribution in [0, 0.1) is 18.8 Å². The summed E-state index contributed by atoms with van der Waals surface area (Å²) in [6.45, 7) is 1.68. The molecule has 1 radical (unpaired) electrons. The first kappa shape index (κ1) is 14.3. The molecule has 2 aromatic heterocycles. The van der Waals surface area contributed by atoms with E-state index < -0.39 is 0 Å². The van der Waals surface area contributed by atoms with E-state index in [1.165, 1.54) is 7.11 Å². The molecule has 0 bridgehead atoms. The normalized spacial score (nSPS) is 10.7. The van der Waals surface area contributed by atoms with Crippen molar-refractivity contribution in [1.82, 2.24) is 9.97 Å². The van der Waals surface area contributed by atoms with Crippen LogP contribution in [-0.4, -0.2) is 24.2 Å². The first-order chi connectivity index (χ1) is 10.6. The van der Waals surface area contributed by atoms with Gasteiger partial charge in [0.2, 0.25) is 0 Å². The Morgan fingerprint density at radius 1 is 1.14 bits per heavy atom. The Kier molecular flexibility index (Phi) is 3.63. The zero-order valence-corrected chi connectivity index (χ0v) is 12.5. The summed E-state index contributed by atoms with van der Waals surface area (Å²) in [5, 5.41) is 0. The molecule has 22 heavy (non-hydrogen) atoms. The summed E-state index contributed by atoms with van der Waals surface area (Å²) < 4.78 is 24.6. The van der Waals surface area contributed by atoms with Crippen molar-refractivity contribution in [2.75, 3.05) is 14.2 Å². The average Bonchev–Trinajstić information content (AvgIpc) is 2.55. The smallest absolute Gasteiger partial charge is 0.257 e. The van der Waals surface area contributed by atoms with Gasteiger partial charge in [-0.2, -0.15) is 0 Å². The van der Waals surface area contributed by atoms with E-state index in [-0.39, 0.29) is 5.82 Å². The van der Waals surface area contributed by atoms with E-state index in [9.17, 15) is 4.39 Å². The van der Waals surface area contributed by atoms with Crippen molar-refractivity contribution in [2.45, 2.75) is 6.92 Å². The molecular formula is C17H14FN2O2. The Bertz CT molecular complexity index is 849. The highest BCUT2D eigenvalue weighted by molar-refractivity contribution is 5.82. The van der Waals surface area contributed by atoms with Gasteiger partial charge in [-0.3, -0.25) is 4.98 Å². The van der Waals surface area contributed by atoms with Gasteiger partial charge in [-0.05, 0) is 24.6 Å². The van der Waals surface area contributed by atoms with Gasteiger partial charge in [-0.25, -0.2) is 9.37 Å². The summed E-state index contributed by atoms with van der Waals surface area (Å²) >= 11 is 0. The minimum absolute atomic E-state index is 0.302. The molecular weight excluding hydrogens is 283 g/mol. The number of nitrogens with zero attached hydrogens (tertiary/aromatic N) is 2. The van der Waals surface area contributed by atoms with Crippen LogP contribution in [0.2, 0.25) is 0 Å². The molecule has 111 valence electrons. The maximum Gasteiger partial charge on any atom is 0.257 e. The summed E-state index contributed by atoms with van der Waals surface area (Å²) in [6, 6.07) is 9.72. The van der Waals surface area contributed by atoms with Gasteiger partial charge < -0.3 is 9.47 Å². The molecule has 0 aliphatic carbocycles. The minimum Gasteiger partial charge on any atom is -0.491 e. The number of hydrogen-bond donors (Lipinski definition) is 0. The Labute approximate surface area is 127 Å². The minimum atomic E-state index is -0.302. The number of aryl methyl sites for hydroxylation is 1. The molecule has 0 amide bonds. The Hall–Kier alpha value is -2.69. The van der Waals surface area contributed by atoms with Crippen LogP contribution in [0.1, 0.15) is 5.56 Å². The van der Waals surface area contributed by atoms with Crippen molar-refractivity contribution in [1.29, 1.82) is 0 Å². The van der Waals surface area contributed by atoms with E-state index in [4.69, 9.17) is 9.47 Å². The van der Waals surface area contributed by atoms with Crippen molar-refractivity contribution in [3.05, 3.63) is 47.9 Å². The lowest BCUT2D eigenvalue weighted by Crippen LogP contribution is -1.96. The number of pyridine rings is 2. The van der Waals surface area contributed by atoms with Crippen molar-refractivity contribution in [2.24, 2.45) is 0 Å². The van der Waals surface area contributed by atoms with Crippen LogP contribution in [0.15, 0.2) is 30.5 Å². The second-order valence-corrected chi connectivity index (χ2v) is 4.79. The monoisotopic (exact) mass is 297 g/mol. The van der Waals surface area contributed by atoms with E-state index >= 15 is 0 Å². The maximum absolute atomic E-state index is 14.2. The van der Waals surface area contributed by atoms with Gasteiger partial charge in [0, 0.05) is 23.4 Å². The molecule has 0 N–H and O–H groups in total. The van der Waals surface area contributed by atoms with E-state index in [1.54, 1.807) is 44.5 Å². The second-order valence-electron chi connectivity index (χ2n) is 4.79. The van der Waals surface area contributed by atoms with Crippen LogP contribution in [0.3, 0.4) is 0 Å². The van der Waals surface area contributed by atoms with Crippen LogP contribution in [-0.2, 0) is 0 Å². The first-order valence-electron chi connectivity index (χ1n) is 6.70. The van der Waals surface area contributed by atoms with E-state index in [0.717, 1.165) is 0 Å². The molecule has 3 rings (SSSR count). The van der Waals surface area contributed by atoms with Crippen LogP contribution < -0.4 is 9.47 Å². The Morgan fingerprint density at radius 2 is 1.95 bits per heavy atom. The molecule has 0 aliphatic rings. The third-order valence-corrected chi connectivity index (χ3v) is 3.44. The maximum atomic E-state index is 14.2. The fourth-order valence-electron chi connectivity index (χ4n) is 2.27. The molecule has 4 nitrogen and oxygen atoms in total. The summed E-state index contributed by atoms with van der Waals surface area (Å²) in [4.78, 5) is 8.70. The van der Waals surface area contributed by atoms with Gasteiger partial charge in [0.15, 0.2) is 5.75 Å². The average molecular weight is 297 g/mol. The second kappa shape index (κ2) is 5.60. The highest BCUT2D eigenvalue weighted by atomic mass is 19.1. The lowest BCUT2D eigenvalue weighted by Gasteiger charge is -2.09. The molecule has 2 heterocycles. The topological polar surface area (TPSA) is 44.2 Å². The molecule has 1 aromatic carbocycles. The van der Waals surface area contributed by atoms with Gasteiger partial charge in [0.25, 0.3) is 5.88 Å². The SMILES string of the molecule is COc1cc2ncc(-c3cc[c]c(C)c3F)cc2nc1OC. The fraction of sp³-hybridized carbons (Fsp3) is 0.176. The van der Waals surface area contributed by atoms with Gasteiger partial charge in [0.1, 0.15) is 5.82 Å². The number of ether oxygens (including phenoxy) is 2. The van der Waals surface area contributed by atoms with Crippen molar-refractivity contribution in [3.8, 4) is 22.8 Å². The number of methoxy groups -OCH3 is 2. The molecule has 0 atom stereocenters. The number of rotatable bonds is 3. The molecule has 0 spiro atoms. The number of hydrogen-bond acceptors (Lipinski definition) is 4. The molecule has 0 fully saturated rings. The lowest BCUT2D eigenvalue weighted by atomic mass is 10.0. The molecule has 5 heteroatoms. The number of halogens is 1. The quantitative estimate of drug-likeness (QED) is 0.741. The predicted molar refractivity (Wildman–Crippen MR) is 81.6 cm³/mol. The van der Waals surface area contributed by atoms with Crippen LogP contribution in [0.4, 0.5) is 4.39 Å². The fourth-order valence-corrected chi connectivity index (χ4v) is 2.27. The van der Waals surface area contributed by atoms with E-state index in [1.807, 2.05) is 0 Å². The standard InChI is InChI=1S/C17H14FN2O2/c1-10-5-4-6-12(16(10)18)11-7-14-13(19-9-11)8-15(21-2)17(20-14)22-3/h4,6-9H,1-3H3. The highest BCUT2D eigenvalue weighted by Gasteiger charge is 2.12. The lowest BCUT2D eigenvalue weighted by molar-refractivity contribution is 0.344. The number of benzene rings is 1. The molecule has 0 saturated heterocycles. The Morgan fingerprint density at radius 3 is 2.68 bits per heavy atom. The summed E-state index contributed by atoms with van der Waals surface area (Å²) in [7, 11) is 3.06. The summed E-state index contributed by atoms with van der Waals surface area (Å²) in [5.41, 5.74) is 2.86. The third-order valence-electron chi connectivity index (χ3n) is 3.44. The zero-order chi connectivity index (χ0) is 15.7. The predicted octanol–water partition coefficient (Wildman–Crippen LogP) is 3.56. The number of fused-ring (bicyclic) bond motifs is 1. The first-order valence-corrected chi connectivity index (χ1v) is 6.70. The highest BCUT2D eigenvalue weighted by Crippen LogP contribution is 2.31. The molecule has 3 aromatic rings. The van der Waals surface area contributed by atoms with Gasteiger partial charge in [0.05, 0.1) is 25.3 Å². The van der Waals surface area contributed by atoms with E-state index in [0.29, 0.717) is 39.4 Å². The molecule has 0 aliphatic heterocycles. The molecule has 0 unspecified atom stereocenters. The van der Waals surface area contributed by atoms with Crippen molar-refractivity contribution in [3.63, 3.8) is 0 Å². The van der Waals surface area contributed by atoms with Gasteiger partial charge in [-0.1, -0.05) is 12.1 Å². The summed E-state index contributed by atoms with van der Waals surface area (Å²) in [6.07, 6.45) is 1.62. The summed E-state index contributed by atoms with van der Waals surface area (Å²) in [5.74, 6) is 0.572. The van der Waals surface area contributed by atoms with Crippen LogP contribution in [0.5, 0.6) is 11.6 Å². The van der Waals surface area contributed by atoms with Crippen molar-refractivity contribution >= 4 is 11.0 Å². The third kappa shape index (κ3) is 2.35.